The highest BCUT2D eigenvalue weighted by Gasteiger charge is 2.11. The highest BCUT2D eigenvalue weighted by molar-refractivity contribution is 5.73. The van der Waals surface area contributed by atoms with Crippen molar-refractivity contribution in [2.24, 2.45) is 0 Å². The Morgan fingerprint density at radius 2 is 2.39 bits per heavy atom. The molecule has 18 heavy (non-hydrogen) atoms. The van der Waals surface area contributed by atoms with Gasteiger partial charge in [-0.1, -0.05) is 0 Å². The topological polar surface area (TPSA) is 83.7 Å². The van der Waals surface area contributed by atoms with E-state index in [1.165, 1.54) is 6.26 Å². The number of ether oxygens (including phenoxy) is 1. The molecule has 0 bridgehead atoms. The molecule has 0 aliphatic rings. The first-order valence-electron chi connectivity index (χ1n) is 6.05. The second kappa shape index (κ2) is 8.54. The van der Waals surface area contributed by atoms with Gasteiger partial charge in [0.1, 0.15) is 11.9 Å². The van der Waals surface area contributed by atoms with Crippen LogP contribution in [0.5, 0.6) is 0 Å². The number of aliphatic hydroxyl groups excluding tert-OH is 1. The van der Waals surface area contributed by atoms with Crippen LogP contribution in [-0.4, -0.2) is 37.4 Å². The smallest absolute Gasteiger partial charge is 0.314 e. The number of furan rings is 1. The van der Waals surface area contributed by atoms with Gasteiger partial charge in [0.2, 0.25) is 0 Å². The minimum Gasteiger partial charge on any atom is -0.467 e. The number of carbonyl (C=O) groups excluding carboxylic acids is 1. The Kier molecular flexibility index (Phi) is 6.90. The molecule has 0 saturated heterocycles. The third-order valence-electron chi connectivity index (χ3n) is 2.28. The van der Waals surface area contributed by atoms with E-state index in [1.54, 1.807) is 12.1 Å². The predicted molar refractivity (Wildman–Crippen MR) is 66.2 cm³/mol. The number of amides is 2. The summed E-state index contributed by atoms with van der Waals surface area (Å²) in [6.07, 6.45) is 1.42. The van der Waals surface area contributed by atoms with Crippen LogP contribution < -0.4 is 10.6 Å². The van der Waals surface area contributed by atoms with Crippen LogP contribution in [-0.2, 0) is 4.74 Å². The summed E-state index contributed by atoms with van der Waals surface area (Å²) in [7, 11) is 0. The molecule has 1 aromatic heterocycles. The lowest BCUT2D eigenvalue weighted by atomic mass is 10.3. The van der Waals surface area contributed by atoms with E-state index in [0.717, 1.165) is 6.42 Å². The Labute approximate surface area is 106 Å². The Morgan fingerprint density at radius 1 is 1.56 bits per heavy atom. The van der Waals surface area contributed by atoms with E-state index in [9.17, 15) is 9.90 Å². The van der Waals surface area contributed by atoms with E-state index in [1.807, 2.05) is 6.92 Å². The van der Waals surface area contributed by atoms with Gasteiger partial charge in [0, 0.05) is 19.8 Å². The van der Waals surface area contributed by atoms with Crippen LogP contribution in [0.2, 0.25) is 0 Å². The van der Waals surface area contributed by atoms with Crippen LogP contribution >= 0.6 is 0 Å². The highest BCUT2D eigenvalue weighted by Crippen LogP contribution is 2.11. The summed E-state index contributed by atoms with van der Waals surface area (Å²) in [6, 6.07) is 3.04. The summed E-state index contributed by atoms with van der Waals surface area (Å²) < 4.78 is 10.2. The average molecular weight is 256 g/mol. The maximum atomic E-state index is 11.3. The molecule has 1 aromatic rings. The van der Waals surface area contributed by atoms with E-state index in [-0.39, 0.29) is 12.6 Å². The molecule has 6 nitrogen and oxygen atoms in total. The fourth-order valence-corrected chi connectivity index (χ4v) is 1.35. The zero-order valence-electron chi connectivity index (χ0n) is 10.5. The van der Waals surface area contributed by atoms with E-state index in [0.29, 0.717) is 25.5 Å². The van der Waals surface area contributed by atoms with E-state index >= 15 is 0 Å². The van der Waals surface area contributed by atoms with Crippen molar-refractivity contribution in [3.05, 3.63) is 24.2 Å². The van der Waals surface area contributed by atoms with Crippen LogP contribution in [0.15, 0.2) is 22.8 Å². The largest absolute Gasteiger partial charge is 0.467 e. The first kappa shape index (κ1) is 14.5. The molecule has 0 radical (unpaired) electrons. The molecule has 2 amide bonds. The van der Waals surface area contributed by atoms with Gasteiger partial charge in [0.15, 0.2) is 0 Å². The van der Waals surface area contributed by atoms with Gasteiger partial charge in [-0.15, -0.1) is 0 Å². The molecule has 1 atom stereocenters. The zero-order valence-corrected chi connectivity index (χ0v) is 10.5. The van der Waals surface area contributed by atoms with E-state index in [2.05, 4.69) is 10.6 Å². The van der Waals surface area contributed by atoms with Crippen molar-refractivity contribution in [1.29, 1.82) is 0 Å². The molecule has 6 heteroatoms. The predicted octanol–water partition coefficient (Wildman–Crippen LogP) is 1.04. The number of rotatable bonds is 8. The Hall–Kier alpha value is -1.53. The fourth-order valence-electron chi connectivity index (χ4n) is 1.35. The van der Waals surface area contributed by atoms with Crippen LogP contribution in [0.3, 0.4) is 0 Å². The second-order valence-corrected chi connectivity index (χ2v) is 3.72. The first-order chi connectivity index (χ1) is 8.74. The molecule has 0 aliphatic heterocycles. The van der Waals surface area contributed by atoms with Crippen LogP contribution in [0.4, 0.5) is 4.79 Å². The summed E-state index contributed by atoms with van der Waals surface area (Å²) in [5.74, 6) is 0.437. The number of aliphatic hydroxyl groups is 1. The minimum absolute atomic E-state index is 0.116. The van der Waals surface area contributed by atoms with Gasteiger partial charge in [0.05, 0.1) is 12.8 Å². The standard InChI is InChI=1S/C12H20N2O4/c1-2-17-7-4-6-13-12(16)14-9-10(15)11-5-3-8-18-11/h3,5,8,10,15H,2,4,6-7,9H2,1H3,(H2,13,14,16). The lowest BCUT2D eigenvalue weighted by Gasteiger charge is -2.10. The molecular weight excluding hydrogens is 236 g/mol. The summed E-state index contributed by atoms with van der Waals surface area (Å²) in [4.78, 5) is 11.3. The van der Waals surface area contributed by atoms with E-state index in [4.69, 9.17) is 9.15 Å². The Balaban J connectivity index is 2.06. The van der Waals surface area contributed by atoms with Crippen molar-refractivity contribution < 1.29 is 19.1 Å². The number of hydrogen-bond acceptors (Lipinski definition) is 4. The van der Waals surface area contributed by atoms with Crippen molar-refractivity contribution in [3.8, 4) is 0 Å². The lowest BCUT2D eigenvalue weighted by molar-refractivity contribution is 0.143. The van der Waals surface area contributed by atoms with Crippen molar-refractivity contribution in [2.45, 2.75) is 19.4 Å². The van der Waals surface area contributed by atoms with Crippen molar-refractivity contribution in [1.82, 2.24) is 10.6 Å². The number of carbonyl (C=O) groups is 1. The van der Waals surface area contributed by atoms with Gasteiger partial charge in [-0.05, 0) is 25.5 Å². The normalized spacial score (nSPS) is 12.1. The molecule has 0 aromatic carbocycles. The maximum absolute atomic E-state index is 11.3. The summed E-state index contributed by atoms with van der Waals surface area (Å²) in [5.41, 5.74) is 0. The molecule has 3 N–H and O–H groups in total. The quantitative estimate of drug-likeness (QED) is 0.607. The number of nitrogens with one attached hydrogen (secondary N) is 2. The molecular formula is C12H20N2O4. The molecule has 0 fully saturated rings. The van der Waals surface area contributed by atoms with Gasteiger partial charge < -0.3 is 24.9 Å². The number of urea groups is 1. The maximum Gasteiger partial charge on any atom is 0.314 e. The van der Waals surface area contributed by atoms with Gasteiger partial charge in [0.25, 0.3) is 0 Å². The fraction of sp³-hybridized carbons (Fsp3) is 0.583. The lowest BCUT2D eigenvalue weighted by Crippen LogP contribution is -2.38. The second-order valence-electron chi connectivity index (χ2n) is 3.72. The average Bonchev–Trinajstić information content (AvgIpc) is 2.89. The zero-order chi connectivity index (χ0) is 13.2. The third kappa shape index (κ3) is 5.70. The Morgan fingerprint density at radius 3 is 3.06 bits per heavy atom. The highest BCUT2D eigenvalue weighted by atomic mass is 16.5. The van der Waals surface area contributed by atoms with Crippen molar-refractivity contribution in [3.63, 3.8) is 0 Å². The number of hydrogen-bond donors (Lipinski definition) is 3. The summed E-state index contributed by atoms with van der Waals surface area (Å²) in [5, 5.41) is 14.9. The van der Waals surface area contributed by atoms with Gasteiger partial charge in [-0.3, -0.25) is 0 Å². The molecule has 1 unspecified atom stereocenters. The van der Waals surface area contributed by atoms with Crippen LogP contribution in [0, 0.1) is 0 Å². The first-order valence-corrected chi connectivity index (χ1v) is 6.05. The van der Waals surface area contributed by atoms with E-state index < -0.39 is 6.10 Å². The van der Waals surface area contributed by atoms with Gasteiger partial charge in [-0.2, -0.15) is 0 Å². The molecule has 1 heterocycles. The molecule has 0 aliphatic carbocycles. The van der Waals surface area contributed by atoms with Gasteiger partial charge >= 0.3 is 6.03 Å². The summed E-state index contributed by atoms with van der Waals surface area (Å²) in [6.45, 7) is 3.90. The van der Waals surface area contributed by atoms with Crippen molar-refractivity contribution >= 4 is 6.03 Å². The molecule has 0 spiro atoms. The minimum atomic E-state index is -0.825. The monoisotopic (exact) mass is 256 g/mol. The molecule has 1 rings (SSSR count). The Bertz CT molecular complexity index is 327. The molecule has 102 valence electrons. The van der Waals surface area contributed by atoms with Crippen LogP contribution in [0.1, 0.15) is 25.2 Å². The molecule has 0 saturated carbocycles. The van der Waals surface area contributed by atoms with Crippen molar-refractivity contribution in [2.75, 3.05) is 26.3 Å². The van der Waals surface area contributed by atoms with Gasteiger partial charge in [-0.25, -0.2) is 4.79 Å². The SMILES string of the molecule is CCOCCCNC(=O)NCC(O)c1ccco1. The third-order valence-corrected chi connectivity index (χ3v) is 2.28. The van der Waals surface area contributed by atoms with Crippen LogP contribution in [0.25, 0.3) is 0 Å². The summed E-state index contributed by atoms with van der Waals surface area (Å²) >= 11 is 0.